The Morgan fingerprint density at radius 3 is 2.57 bits per heavy atom. The molecule has 30 heavy (non-hydrogen) atoms. The standard InChI is InChI=1S/C20H24FN5O4/c1-25-9-6-13(7-10-25)26(2)19(27)24-18-12-15(5-8-22-18)30-14-3-4-17(16(21)11-14)23-20(28)29/h3-5,8,11-13,23H,6-7,9-10H2,1-2H3,(H,28,29)(H,22,24,27). The predicted molar refractivity (Wildman–Crippen MR) is 110 cm³/mol. The molecule has 3 amide bonds. The highest BCUT2D eigenvalue weighted by Gasteiger charge is 2.24. The fourth-order valence-corrected chi connectivity index (χ4v) is 3.20. The molecule has 0 atom stereocenters. The molecule has 0 bridgehead atoms. The first-order chi connectivity index (χ1) is 14.3. The summed E-state index contributed by atoms with van der Waals surface area (Å²) in [4.78, 5) is 31.2. The minimum Gasteiger partial charge on any atom is -0.465 e. The van der Waals surface area contributed by atoms with Crippen LogP contribution in [0.15, 0.2) is 36.5 Å². The summed E-state index contributed by atoms with van der Waals surface area (Å²) < 4.78 is 19.6. The number of piperidine rings is 1. The molecular formula is C20H24FN5O4. The number of benzene rings is 1. The largest absolute Gasteiger partial charge is 0.465 e. The van der Waals surface area contributed by atoms with E-state index in [0.717, 1.165) is 32.0 Å². The van der Waals surface area contributed by atoms with Gasteiger partial charge < -0.3 is 19.6 Å². The lowest BCUT2D eigenvalue weighted by Gasteiger charge is -2.34. The second-order valence-electron chi connectivity index (χ2n) is 7.13. The number of carboxylic acid groups (broad SMARTS) is 1. The van der Waals surface area contributed by atoms with E-state index in [0.29, 0.717) is 11.6 Å². The SMILES string of the molecule is CN1CCC(N(C)C(=O)Nc2cc(Oc3ccc(NC(=O)O)c(F)c3)ccn2)CC1. The van der Waals surface area contributed by atoms with Gasteiger partial charge in [0.1, 0.15) is 17.3 Å². The fourth-order valence-electron chi connectivity index (χ4n) is 3.20. The minimum atomic E-state index is -1.36. The molecule has 1 saturated heterocycles. The quantitative estimate of drug-likeness (QED) is 0.685. The predicted octanol–water partition coefficient (Wildman–Crippen LogP) is 3.66. The average molecular weight is 417 g/mol. The first kappa shape index (κ1) is 21.3. The van der Waals surface area contributed by atoms with Crippen LogP contribution in [0.5, 0.6) is 11.5 Å². The van der Waals surface area contributed by atoms with Gasteiger partial charge in [-0.25, -0.2) is 19.0 Å². The van der Waals surface area contributed by atoms with Crippen LogP contribution >= 0.6 is 0 Å². The normalized spacial score (nSPS) is 14.8. The number of hydrogen-bond acceptors (Lipinski definition) is 5. The number of amides is 3. The zero-order valence-corrected chi connectivity index (χ0v) is 16.8. The van der Waals surface area contributed by atoms with Crippen molar-refractivity contribution in [2.24, 2.45) is 0 Å². The third-order valence-electron chi connectivity index (χ3n) is 4.94. The molecular weight excluding hydrogens is 393 g/mol. The van der Waals surface area contributed by atoms with Crippen LogP contribution in [0, 0.1) is 5.82 Å². The Morgan fingerprint density at radius 2 is 1.90 bits per heavy atom. The number of nitrogens with zero attached hydrogens (tertiary/aromatic N) is 3. The Bertz CT molecular complexity index is 918. The first-order valence-corrected chi connectivity index (χ1v) is 9.47. The van der Waals surface area contributed by atoms with Crippen molar-refractivity contribution in [2.45, 2.75) is 18.9 Å². The number of ether oxygens (including phenoxy) is 1. The van der Waals surface area contributed by atoms with Gasteiger partial charge in [0.15, 0.2) is 5.82 Å². The Hall–Kier alpha value is -3.40. The summed E-state index contributed by atoms with van der Waals surface area (Å²) in [5.41, 5.74) is -0.172. The minimum absolute atomic E-state index is 0.168. The van der Waals surface area contributed by atoms with Crippen LogP contribution in [0.1, 0.15) is 12.8 Å². The van der Waals surface area contributed by atoms with E-state index >= 15 is 0 Å². The van der Waals surface area contributed by atoms with Gasteiger partial charge in [-0.05, 0) is 51.2 Å². The van der Waals surface area contributed by atoms with Crippen molar-refractivity contribution in [1.82, 2.24) is 14.8 Å². The molecule has 9 nitrogen and oxygen atoms in total. The maximum Gasteiger partial charge on any atom is 0.409 e. The van der Waals surface area contributed by atoms with Crippen LogP contribution in [0.3, 0.4) is 0 Å². The highest BCUT2D eigenvalue weighted by atomic mass is 19.1. The number of hydrogen-bond donors (Lipinski definition) is 3. The molecule has 1 aliphatic rings. The van der Waals surface area contributed by atoms with Crippen LogP contribution < -0.4 is 15.4 Å². The van der Waals surface area contributed by atoms with Crippen molar-refractivity contribution in [2.75, 3.05) is 37.8 Å². The Kier molecular flexibility index (Phi) is 6.68. The summed E-state index contributed by atoms with van der Waals surface area (Å²) in [6.45, 7) is 1.89. The molecule has 1 fully saturated rings. The van der Waals surface area contributed by atoms with E-state index in [1.54, 1.807) is 18.0 Å². The number of nitrogens with one attached hydrogen (secondary N) is 2. The average Bonchev–Trinajstić information content (AvgIpc) is 2.70. The Balaban J connectivity index is 1.62. The molecule has 3 N–H and O–H groups in total. The van der Waals surface area contributed by atoms with E-state index in [4.69, 9.17) is 9.84 Å². The summed E-state index contributed by atoms with van der Waals surface area (Å²) in [6, 6.07) is 6.77. The van der Waals surface area contributed by atoms with Crippen LogP contribution in [0.2, 0.25) is 0 Å². The number of carbonyl (C=O) groups excluding carboxylic acids is 1. The van der Waals surface area contributed by atoms with E-state index in [1.165, 1.54) is 24.4 Å². The number of anilines is 2. The third kappa shape index (κ3) is 5.57. The monoisotopic (exact) mass is 417 g/mol. The summed E-state index contributed by atoms with van der Waals surface area (Å²) in [6.07, 6.45) is 1.93. The molecule has 10 heteroatoms. The van der Waals surface area contributed by atoms with Gasteiger partial charge >= 0.3 is 12.1 Å². The number of aromatic nitrogens is 1. The van der Waals surface area contributed by atoms with Crippen LogP contribution in [0.4, 0.5) is 25.5 Å². The summed E-state index contributed by atoms with van der Waals surface area (Å²) in [5.74, 6) is 0.0649. The smallest absolute Gasteiger partial charge is 0.409 e. The van der Waals surface area contributed by atoms with Crippen molar-refractivity contribution in [3.05, 3.63) is 42.3 Å². The number of pyridine rings is 1. The second kappa shape index (κ2) is 9.40. The van der Waals surface area contributed by atoms with E-state index in [9.17, 15) is 14.0 Å². The molecule has 3 rings (SSSR count). The van der Waals surface area contributed by atoms with Crippen molar-refractivity contribution in [3.63, 3.8) is 0 Å². The van der Waals surface area contributed by atoms with Gasteiger partial charge in [-0.2, -0.15) is 0 Å². The first-order valence-electron chi connectivity index (χ1n) is 9.47. The summed E-state index contributed by atoms with van der Waals surface area (Å²) >= 11 is 0. The zero-order valence-electron chi connectivity index (χ0n) is 16.8. The van der Waals surface area contributed by atoms with Crippen molar-refractivity contribution in [3.8, 4) is 11.5 Å². The summed E-state index contributed by atoms with van der Waals surface area (Å²) in [7, 11) is 3.83. The third-order valence-corrected chi connectivity index (χ3v) is 4.94. The molecule has 0 saturated carbocycles. The van der Waals surface area contributed by atoms with Gasteiger partial charge in [-0.3, -0.25) is 10.6 Å². The lowest BCUT2D eigenvalue weighted by atomic mass is 10.0. The highest BCUT2D eigenvalue weighted by Crippen LogP contribution is 2.27. The fraction of sp³-hybridized carbons (Fsp3) is 0.350. The molecule has 0 aliphatic carbocycles. The van der Waals surface area contributed by atoms with Crippen LogP contribution in [-0.4, -0.2) is 65.2 Å². The number of halogens is 1. The second-order valence-corrected chi connectivity index (χ2v) is 7.13. The van der Waals surface area contributed by atoms with Gasteiger partial charge in [0.25, 0.3) is 0 Å². The molecule has 0 unspecified atom stereocenters. The molecule has 2 heterocycles. The molecule has 1 aromatic carbocycles. The van der Waals surface area contributed by atoms with Crippen molar-refractivity contribution in [1.29, 1.82) is 0 Å². The topological polar surface area (TPSA) is 107 Å². The van der Waals surface area contributed by atoms with Crippen molar-refractivity contribution < 1.29 is 23.8 Å². The van der Waals surface area contributed by atoms with E-state index in [1.807, 2.05) is 5.32 Å². The van der Waals surface area contributed by atoms with Crippen molar-refractivity contribution >= 4 is 23.6 Å². The maximum atomic E-state index is 14.0. The number of urea groups is 1. The van der Waals surface area contributed by atoms with Gasteiger partial charge in [0.05, 0.1) is 5.69 Å². The Labute approximate surface area is 173 Å². The van der Waals surface area contributed by atoms with E-state index in [2.05, 4.69) is 22.2 Å². The number of likely N-dealkylation sites (tertiary alicyclic amines) is 1. The van der Waals surface area contributed by atoms with E-state index in [-0.39, 0.29) is 23.5 Å². The maximum absolute atomic E-state index is 14.0. The molecule has 1 aromatic heterocycles. The molecule has 2 aromatic rings. The lowest BCUT2D eigenvalue weighted by Crippen LogP contribution is -2.46. The lowest BCUT2D eigenvalue weighted by molar-refractivity contribution is 0.156. The summed E-state index contributed by atoms with van der Waals surface area (Å²) in [5, 5.41) is 13.4. The molecule has 1 aliphatic heterocycles. The number of rotatable bonds is 5. The Morgan fingerprint density at radius 1 is 1.20 bits per heavy atom. The van der Waals surface area contributed by atoms with Crippen LogP contribution in [-0.2, 0) is 0 Å². The van der Waals surface area contributed by atoms with Gasteiger partial charge in [-0.15, -0.1) is 0 Å². The number of carbonyl (C=O) groups is 2. The zero-order chi connectivity index (χ0) is 21.7. The van der Waals surface area contributed by atoms with E-state index < -0.39 is 11.9 Å². The molecule has 160 valence electrons. The molecule has 0 spiro atoms. The van der Waals surface area contributed by atoms with Gasteiger partial charge in [-0.1, -0.05) is 0 Å². The van der Waals surface area contributed by atoms with Crippen LogP contribution in [0.25, 0.3) is 0 Å². The van der Waals surface area contributed by atoms with Gasteiger partial charge in [0.2, 0.25) is 0 Å². The highest BCUT2D eigenvalue weighted by molar-refractivity contribution is 5.88. The van der Waals surface area contributed by atoms with Gasteiger partial charge in [0, 0.05) is 31.4 Å². The molecule has 0 radical (unpaired) electrons.